The van der Waals surface area contributed by atoms with E-state index in [9.17, 15) is 19.8 Å². The highest BCUT2D eigenvalue weighted by molar-refractivity contribution is 9.10. The number of ketones is 1. The fraction of sp³-hybridized carbons (Fsp3) is 0.154. The van der Waals surface area contributed by atoms with Crippen molar-refractivity contribution in [3.05, 3.63) is 93.5 Å². The Morgan fingerprint density at radius 1 is 1.03 bits per heavy atom. The van der Waals surface area contributed by atoms with Crippen LogP contribution in [-0.4, -0.2) is 29.0 Å². The van der Waals surface area contributed by atoms with E-state index in [4.69, 9.17) is 4.74 Å². The summed E-state index contributed by atoms with van der Waals surface area (Å²) < 4.78 is 5.84. The van der Waals surface area contributed by atoms with E-state index in [1.807, 2.05) is 19.1 Å². The number of methoxy groups -OCH3 is 1. The SMILES string of the molecule is CCc1ccc(N2C(=O)C(=O)/C(=C(\O)c3ccc(OC)c(Br)c3)C2c2ccc(O)cc2)cc1. The van der Waals surface area contributed by atoms with Crippen LogP contribution < -0.4 is 9.64 Å². The number of benzene rings is 3. The number of aryl methyl sites for hydroxylation is 1. The van der Waals surface area contributed by atoms with E-state index in [1.54, 1.807) is 42.5 Å². The van der Waals surface area contributed by atoms with E-state index in [1.165, 1.54) is 24.1 Å². The highest BCUT2D eigenvalue weighted by Gasteiger charge is 2.47. The van der Waals surface area contributed by atoms with E-state index in [0.29, 0.717) is 27.0 Å². The van der Waals surface area contributed by atoms with Crippen LogP contribution in [0.2, 0.25) is 0 Å². The zero-order valence-electron chi connectivity index (χ0n) is 18.1. The number of Topliss-reactive ketones (excluding diaryl/α,β-unsaturated/α-hetero) is 1. The predicted octanol–water partition coefficient (Wildman–Crippen LogP) is 5.35. The van der Waals surface area contributed by atoms with Gasteiger partial charge in [0.05, 0.1) is 23.2 Å². The topological polar surface area (TPSA) is 87.1 Å². The largest absolute Gasteiger partial charge is 0.508 e. The molecule has 2 N–H and O–H groups in total. The number of amides is 1. The lowest BCUT2D eigenvalue weighted by Gasteiger charge is -2.25. The Labute approximate surface area is 199 Å². The molecule has 1 unspecified atom stereocenters. The van der Waals surface area contributed by atoms with Crippen LogP contribution in [0.25, 0.3) is 5.76 Å². The molecule has 0 radical (unpaired) electrons. The number of aliphatic hydroxyl groups is 1. The molecule has 0 aliphatic carbocycles. The molecule has 1 saturated heterocycles. The number of aromatic hydroxyl groups is 1. The first kappa shape index (κ1) is 22.6. The third kappa shape index (κ3) is 4.12. The van der Waals surface area contributed by atoms with E-state index in [2.05, 4.69) is 15.9 Å². The molecular weight excluding hydrogens is 486 g/mol. The number of hydrogen-bond acceptors (Lipinski definition) is 5. The molecule has 1 fully saturated rings. The highest BCUT2D eigenvalue weighted by Crippen LogP contribution is 2.43. The van der Waals surface area contributed by atoms with Gasteiger partial charge in [0.2, 0.25) is 0 Å². The molecule has 1 aliphatic rings. The number of phenolic OH excluding ortho intramolecular Hbond substituents is 1. The molecule has 33 heavy (non-hydrogen) atoms. The molecule has 3 aromatic rings. The maximum absolute atomic E-state index is 13.2. The predicted molar refractivity (Wildman–Crippen MR) is 129 cm³/mol. The van der Waals surface area contributed by atoms with Gasteiger partial charge in [0.1, 0.15) is 17.3 Å². The summed E-state index contributed by atoms with van der Waals surface area (Å²) in [6.45, 7) is 2.03. The molecule has 0 spiro atoms. The molecule has 0 aromatic heterocycles. The maximum atomic E-state index is 13.2. The monoisotopic (exact) mass is 507 g/mol. The molecular formula is C26H22BrNO5. The van der Waals surface area contributed by atoms with Crippen molar-refractivity contribution in [3.63, 3.8) is 0 Å². The summed E-state index contributed by atoms with van der Waals surface area (Å²) in [5, 5.41) is 20.9. The Kier molecular flexibility index (Phi) is 6.24. The lowest BCUT2D eigenvalue weighted by Crippen LogP contribution is -2.29. The molecule has 7 heteroatoms. The molecule has 4 rings (SSSR count). The normalized spacial score (nSPS) is 17.4. The highest BCUT2D eigenvalue weighted by atomic mass is 79.9. The molecule has 1 atom stereocenters. The van der Waals surface area contributed by atoms with Crippen LogP contribution in [0.1, 0.15) is 29.7 Å². The number of carbonyl (C=O) groups is 2. The number of phenols is 1. The van der Waals surface area contributed by atoms with Crippen molar-refractivity contribution in [1.29, 1.82) is 0 Å². The van der Waals surface area contributed by atoms with Crippen LogP contribution >= 0.6 is 15.9 Å². The zero-order valence-corrected chi connectivity index (χ0v) is 19.7. The van der Waals surface area contributed by atoms with Crippen LogP contribution in [0.4, 0.5) is 5.69 Å². The molecule has 0 bridgehead atoms. The van der Waals surface area contributed by atoms with Crippen molar-refractivity contribution in [3.8, 4) is 11.5 Å². The van der Waals surface area contributed by atoms with Crippen molar-refractivity contribution < 1.29 is 24.5 Å². The zero-order chi connectivity index (χ0) is 23.7. The standard InChI is InChI=1S/C26H22BrNO5/c1-3-15-4-9-18(10-5-15)28-23(16-6-11-19(29)12-7-16)22(25(31)26(28)32)24(30)17-8-13-21(33-2)20(27)14-17/h4-14,23,29-30H,3H2,1-2H3/b24-22-. The fourth-order valence-corrected chi connectivity index (χ4v) is 4.47. The molecule has 6 nitrogen and oxygen atoms in total. The second kappa shape index (κ2) is 9.11. The van der Waals surface area contributed by atoms with Gasteiger partial charge in [0, 0.05) is 11.3 Å². The van der Waals surface area contributed by atoms with Crippen molar-refractivity contribution >= 4 is 39.1 Å². The van der Waals surface area contributed by atoms with E-state index < -0.39 is 17.7 Å². The van der Waals surface area contributed by atoms with Gasteiger partial charge < -0.3 is 14.9 Å². The van der Waals surface area contributed by atoms with Gasteiger partial charge in [-0.2, -0.15) is 0 Å². The summed E-state index contributed by atoms with van der Waals surface area (Å²) in [7, 11) is 1.53. The summed E-state index contributed by atoms with van der Waals surface area (Å²) in [6.07, 6.45) is 0.840. The Balaban J connectivity index is 1.91. The molecule has 0 saturated carbocycles. The smallest absolute Gasteiger partial charge is 0.300 e. The van der Waals surface area contributed by atoms with Gasteiger partial charge in [-0.3, -0.25) is 14.5 Å². The molecule has 1 aliphatic heterocycles. The van der Waals surface area contributed by atoms with E-state index in [0.717, 1.165) is 12.0 Å². The van der Waals surface area contributed by atoms with Gasteiger partial charge in [0.25, 0.3) is 11.7 Å². The van der Waals surface area contributed by atoms with Crippen molar-refractivity contribution in [1.82, 2.24) is 0 Å². The number of halogens is 1. The second-order valence-corrected chi connectivity index (χ2v) is 8.48. The van der Waals surface area contributed by atoms with Crippen LogP contribution in [0, 0.1) is 0 Å². The average Bonchev–Trinajstić information content (AvgIpc) is 3.09. The summed E-state index contributed by atoms with van der Waals surface area (Å²) in [6, 6.07) is 17.7. The molecule has 168 valence electrons. The van der Waals surface area contributed by atoms with Crippen molar-refractivity contribution in [2.24, 2.45) is 0 Å². The number of carbonyl (C=O) groups excluding carboxylic acids is 2. The first-order valence-electron chi connectivity index (χ1n) is 10.4. The minimum absolute atomic E-state index is 0.0256. The summed E-state index contributed by atoms with van der Waals surface area (Å²) in [5.41, 5.74) is 2.57. The van der Waals surface area contributed by atoms with E-state index >= 15 is 0 Å². The average molecular weight is 508 g/mol. The van der Waals surface area contributed by atoms with Crippen LogP contribution in [0.3, 0.4) is 0 Å². The van der Waals surface area contributed by atoms with Crippen molar-refractivity contribution in [2.75, 3.05) is 12.0 Å². The van der Waals surface area contributed by atoms with Gasteiger partial charge in [-0.1, -0.05) is 31.2 Å². The van der Waals surface area contributed by atoms with E-state index in [-0.39, 0.29) is 17.1 Å². The second-order valence-electron chi connectivity index (χ2n) is 7.63. The van der Waals surface area contributed by atoms with Crippen LogP contribution in [0.5, 0.6) is 11.5 Å². The number of rotatable bonds is 5. The Hall–Kier alpha value is -3.58. The third-order valence-electron chi connectivity index (χ3n) is 5.70. The summed E-state index contributed by atoms with van der Waals surface area (Å²) in [5.74, 6) is -1.17. The number of hydrogen-bond donors (Lipinski definition) is 2. The van der Waals surface area contributed by atoms with Gasteiger partial charge in [-0.25, -0.2) is 0 Å². The number of aliphatic hydroxyl groups excluding tert-OH is 1. The Bertz CT molecular complexity index is 1250. The maximum Gasteiger partial charge on any atom is 0.300 e. The lowest BCUT2D eigenvalue weighted by molar-refractivity contribution is -0.132. The number of ether oxygens (including phenoxy) is 1. The van der Waals surface area contributed by atoms with Gasteiger partial charge >= 0.3 is 0 Å². The third-order valence-corrected chi connectivity index (χ3v) is 6.32. The molecule has 3 aromatic carbocycles. The first-order valence-corrected chi connectivity index (χ1v) is 11.2. The number of nitrogens with zero attached hydrogens (tertiary/aromatic N) is 1. The molecule has 1 amide bonds. The van der Waals surface area contributed by atoms with Gasteiger partial charge in [-0.05, 0) is 75.9 Å². The molecule has 1 heterocycles. The lowest BCUT2D eigenvalue weighted by atomic mass is 9.95. The number of anilines is 1. The fourth-order valence-electron chi connectivity index (χ4n) is 3.93. The minimum atomic E-state index is -0.862. The van der Waals surface area contributed by atoms with Crippen LogP contribution in [0.15, 0.2) is 76.8 Å². The van der Waals surface area contributed by atoms with Crippen molar-refractivity contribution in [2.45, 2.75) is 19.4 Å². The van der Waals surface area contributed by atoms with Gasteiger partial charge in [-0.15, -0.1) is 0 Å². The summed E-state index contributed by atoms with van der Waals surface area (Å²) in [4.78, 5) is 27.8. The summed E-state index contributed by atoms with van der Waals surface area (Å²) >= 11 is 3.39. The van der Waals surface area contributed by atoms with Gasteiger partial charge in [0.15, 0.2) is 0 Å². The minimum Gasteiger partial charge on any atom is -0.508 e. The quantitative estimate of drug-likeness (QED) is 0.276. The Morgan fingerprint density at radius 3 is 2.27 bits per heavy atom. The van der Waals surface area contributed by atoms with Crippen LogP contribution in [-0.2, 0) is 16.0 Å². The first-order chi connectivity index (χ1) is 15.8. The Morgan fingerprint density at radius 2 is 1.70 bits per heavy atom.